The summed E-state index contributed by atoms with van der Waals surface area (Å²) in [5, 5.41) is 6.01. The molecule has 1 heterocycles. The van der Waals surface area contributed by atoms with Crippen molar-refractivity contribution in [3.05, 3.63) is 89.1 Å². The van der Waals surface area contributed by atoms with E-state index in [2.05, 4.69) is 10.6 Å². The molecule has 1 atom stereocenters. The highest BCUT2D eigenvalue weighted by atomic mass is 35.5. The van der Waals surface area contributed by atoms with Crippen molar-refractivity contribution >= 4 is 35.0 Å². The summed E-state index contributed by atoms with van der Waals surface area (Å²) >= 11 is 6.06. The van der Waals surface area contributed by atoms with Gasteiger partial charge in [0.25, 0.3) is 5.91 Å². The second kappa shape index (κ2) is 11.2. The average Bonchev–Trinajstić information content (AvgIpc) is 3.56. The van der Waals surface area contributed by atoms with Crippen LogP contribution in [0.1, 0.15) is 47.8 Å². The van der Waals surface area contributed by atoms with E-state index < -0.39 is 36.1 Å². The maximum Gasteiger partial charge on any atom is 0.287 e. The summed E-state index contributed by atoms with van der Waals surface area (Å²) in [7, 11) is 0. The molecule has 4 rings (SSSR count). The van der Waals surface area contributed by atoms with Crippen LogP contribution in [0, 0.1) is 5.82 Å². The summed E-state index contributed by atoms with van der Waals surface area (Å²) in [6.45, 7) is -0.434. The van der Waals surface area contributed by atoms with Gasteiger partial charge in [-0.25, -0.2) is 4.39 Å². The molecule has 0 unspecified atom stereocenters. The van der Waals surface area contributed by atoms with Crippen molar-refractivity contribution in [2.45, 2.75) is 37.8 Å². The number of carbonyl (C=O) groups excluding carboxylic acids is 3. The molecule has 1 saturated carbocycles. The van der Waals surface area contributed by atoms with Crippen LogP contribution in [-0.4, -0.2) is 30.3 Å². The first-order chi connectivity index (χ1) is 16.9. The van der Waals surface area contributed by atoms with Crippen molar-refractivity contribution in [1.82, 2.24) is 10.6 Å². The summed E-state index contributed by atoms with van der Waals surface area (Å²) < 4.78 is 19.3. The minimum atomic E-state index is -1.11. The first-order valence-corrected chi connectivity index (χ1v) is 11.8. The van der Waals surface area contributed by atoms with E-state index in [0.717, 1.165) is 25.7 Å². The molecule has 9 heteroatoms. The van der Waals surface area contributed by atoms with Crippen molar-refractivity contribution in [1.29, 1.82) is 0 Å². The second-order valence-electron chi connectivity index (χ2n) is 8.35. The Morgan fingerprint density at radius 1 is 1.06 bits per heavy atom. The first-order valence-electron chi connectivity index (χ1n) is 11.4. The van der Waals surface area contributed by atoms with E-state index in [1.54, 1.807) is 36.4 Å². The van der Waals surface area contributed by atoms with Crippen molar-refractivity contribution in [2.24, 2.45) is 0 Å². The molecule has 182 valence electrons. The minimum absolute atomic E-state index is 0.000386. The van der Waals surface area contributed by atoms with Crippen LogP contribution in [0.4, 0.5) is 10.1 Å². The van der Waals surface area contributed by atoms with E-state index in [0.29, 0.717) is 10.6 Å². The Morgan fingerprint density at radius 2 is 1.80 bits per heavy atom. The molecule has 0 radical (unpaired) electrons. The standard InChI is InChI=1S/C26H25ClFN3O4/c27-18-12-10-17(11-13-18)24(26(34)30-20-6-1-2-7-20)31(21-8-3-5-19(28)15-21)23(32)16-29-25(33)22-9-4-14-35-22/h3-5,8-15,20,24H,1-2,6-7,16H2,(H,29,33)(H,30,34)/t24-/m1/s1. The molecule has 3 aromatic rings. The molecule has 7 nitrogen and oxygen atoms in total. The molecule has 1 fully saturated rings. The lowest BCUT2D eigenvalue weighted by molar-refractivity contribution is -0.126. The Hall–Kier alpha value is -3.65. The number of carbonyl (C=O) groups is 3. The van der Waals surface area contributed by atoms with E-state index in [1.165, 1.54) is 35.4 Å². The van der Waals surface area contributed by atoms with Gasteiger partial charge in [0.05, 0.1) is 12.8 Å². The summed E-state index contributed by atoms with van der Waals surface area (Å²) in [6, 6.07) is 13.9. The van der Waals surface area contributed by atoms with Crippen LogP contribution in [0.2, 0.25) is 5.02 Å². The van der Waals surface area contributed by atoms with Gasteiger partial charge in [0, 0.05) is 16.8 Å². The van der Waals surface area contributed by atoms with Gasteiger partial charge in [0.1, 0.15) is 11.9 Å². The number of halogens is 2. The van der Waals surface area contributed by atoms with Crippen LogP contribution in [0.15, 0.2) is 71.3 Å². The number of amides is 3. The van der Waals surface area contributed by atoms with Crippen LogP contribution >= 0.6 is 11.6 Å². The van der Waals surface area contributed by atoms with Gasteiger partial charge >= 0.3 is 0 Å². The molecule has 35 heavy (non-hydrogen) atoms. The monoisotopic (exact) mass is 497 g/mol. The molecule has 1 aromatic heterocycles. The van der Waals surface area contributed by atoms with Crippen molar-refractivity contribution < 1.29 is 23.2 Å². The van der Waals surface area contributed by atoms with Gasteiger partial charge < -0.3 is 15.1 Å². The third-order valence-electron chi connectivity index (χ3n) is 5.89. The minimum Gasteiger partial charge on any atom is -0.459 e. The number of benzene rings is 2. The van der Waals surface area contributed by atoms with Gasteiger partial charge in [0.2, 0.25) is 11.8 Å². The fourth-order valence-corrected chi connectivity index (χ4v) is 4.34. The highest BCUT2D eigenvalue weighted by molar-refractivity contribution is 6.30. The largest absolute Gasteiger partial charge is 0.459 e. The number of anilines is 1. The van der Waals surface area contributed by atoms with Gasteiger partial charge in [-0.1, -0.05) is 42.6 Å². The Bertz CT molecular complexity index is 1180. The number of furan rings is 1. The maximum atomic E-state index is 14.2. The van der Waals surface area contributed by atoms with Gasteiger partial charge in [-0.3, -0.25) is 19.3 Å². The number of nitrogens with one attached hydrogen (secondary N) is 2. The van der Waals surface area contributed by atoms with Gasteiger partial charge in [-0.05, 0) is 60.9 Å². The molecule has 0 saturated heterocycles. The van der Waals surface area contributed by atoms with Crippen LogP contribution in [0.5, 0.6) is 0 Å². The van der Waals surface area contributed by atoms with Gasteiger partial charge in [-0.15, -0.1) is 0 Å². The number of nitrogens with zero attached hydrogens (tertiary/aromatic N) is 1. The zero-order chi connectivity index (χ0) is 24.8. The Labute approximate surface area is 207 Å². The quantitative estimate of drug-likeness (QED) is 0.474. The molecule has 2 N–H and O–H groups in total. The average molecular weight is 498 g/mol. The molecule has 0 bridgehead atoms. The van der Waals surface area contributed by atoms with Crippen LogP contribution in [0.25, 0.3) is 0 Å². The van der Waals surface area contributed by atoms with Crippen LogP contribution in [0.3, 0.4) is 0 Å². The normalized spacial score (nSPS) is 14.3. The van der Waals surface area contributed by atoms with Crippen molar-refractivity contribution in [3.63, 3.8) is 0 Å². The van der Waals surface area contributed by atoms with E-state index in [4.69, 9.17) is 16.0 Å². The summed E-state index contributed by atoms with van der Waals surface area (Å²) in [5.74, 6) is -2.10. The third-order valence-corrected chi connectivity index (χ3v) is 6.15. The zero-order valence-electron chi connectivity index (χ0n) is 18.9. The molecular weight excluding hydrogens is 473 g/mol. The lowest BCUT2D eigenvalue weighted by Gasteiger charge is -2.32. The Balaban J connectivity index is 1.68. The molecule has 2 aromatic carbocycles. The number of rotatable bonds is 8. The highest BCUT2D eigenvalue weighted by Gasteiger charge is 2.34. The molecule has 3 amide bonds. The van der Waals surface area contributed by atoms with E-state index in [1.807, 2.05) is 0 Å². The summed E-state index contributed by atoms with van der Waals surface area (Å²) in [5.41, 5.74) is 0.684. The Morgan fingerprint density at radius 3 is 2.46 bits per heavy atom. The van der Waals surface area contributed by atoms with Crippen LogP contribution < -0.4 is 15.5 Å². The zero-order valence-corrected chi connectivity index (χ0v) is 19.6. The smallest absolute Gasteiger partial charge is 0.287 e. The second-order valence-corrected chi connectivity index (χ2v) is 8.78. The highest BCUT2D eigenvalue weighted by Crippen LogP contribution is 2.30. The predicted octanol–water partition coefficient (Wildman–Crippen LogP) is 4.64. The van der Waals surface area contributed by atoms with Gasteiger partial charge in [0.15, 0.2) is 5.76 Å². The predicted molar refractivity (Wildman–Crippen MR) is 130 cm³/mol. The van der Waals surface area contributed by atoms with E-state index in [9.17, 15) is 18.8 Å². The third kappa shape index (κ3) is 6.08. The van der Waals surface area contributed by atoms with Crippen LogP contribution in [-0.2, 0) is 9.59 Å². The molecular formula is C26H25ClFN3O4. The molecule has 0 aliphatic heterocycles. The van der Waals surface area contributed by atoms with E-state index in [-0.39, 0.29) is 17.5 Å². The number of hydrogen-bond donors (Lipinski definition) is 2. The number of hydrogen-bond acceptors (Lipinski definition) is 4. The van der Waals surface area contributed by atoms with Crippen molar-refractivity contribution in [2.75, 3.05) is 11.4 Å². The fraction of sp³-hybridized carbons (Fsp3) is 0.269. The fourth-order valence-electron chi connectivity index (χ4n) is 4.21. The molecule has 1 aliphatic carbocycles. The lowest BCUT2D eigenvalue weighted by atomic mass is 10.0. The summed E-state index contributed by atoms with van der Waals surface area (Å²) in [6.07, 6.45) is 5.09. The first kappa shape index (κ1) is 24.5. The molecule has 0 spiro atoms. The van der Waals surface area contributed by atoms with Gasteiger partial charge in [-0.2, -0.15) is 0 Å². The molecule has 1 aliphatic rings. The SMILES string of the molecule is O=C(NCC(=O)N(c1cccc(F)c1)[C@@H](C(=O)NC1CCCC1)c1ccc(Cl)cc1)c1ccco1. The van der Waals surface area contributed by atoms with E-state index >= 15 is 0 Å². The van der Waals surface area contributed by atoms with Crippen molar-refractivity contribution in [3.8, 4) is 0 Å². The topological polar surface area (TPSA) is 91.7 Å². The lowest BCUT2D eigenvalue weighted by Crippen LogP contribution is -2.49. The maximum absolute atomic E-state index is 14.2. The Kier molecular flexibility index (Phi) is 7.82. The summed E-state index contributed by atoms with van der Waals surface area (Å²) in [4.78, 5) is 40.6.